The maximum Gasteiger partial charge on any atom is 0.207 e. The standard InChI is InChI=1S/C17H24O2S/c1-3-4-5-6-7-8-9-10-15-20(18,19)17-13-11-16(2)12-14-17/h9,11-15H,3-8H2,1-2H3. The molecular formula is C17H24O2S. The second-order valence-corrected chi connectivity index (χ2v) is 6.85. The summed E-state index contributed by atoms with van der Waals surface area (Å²) in [7, 11) is -3.35. The summed E-state index contributed by atoms with van der Waals surface area (Å²) in [4.78, 5) is 0.326. The SMILES string of the molecule is CCCCCCCC=C=CS(=O)(=O)c1ccc(C)cc1. The molecule has 2 nitrogen and oxygen atoms in total. The van der Waals surface area contributed by atoms with E-state index in [0.717, 1.165) is 18.4 Å². The maximum atomic E-state index is 12.0. The van der Waals surface area contributed by atoms with Gasteiger partial charge in [0, 0.05) is 0 Å². The zero-order chi connectivity index (χ0) is 14.8. The van der Waals surface area contributed by atoms with Gasteiger partial charge in [-0.25, -0.2) is 8.42 Å². The van der Waals surface area contributed by atoms with Gasteiger partial charge in [0.25, 0.3) is 0 Å². The van der Waals surface area contributed by atoms with Crippen molar-refractivity contribution in [3.05, 3.63) is 47.0 Å². The van der Waals surface area contributed by atoms with Gasteiger partial charge in [-0.2, -0.15) is 0 Å². The third-order valence-electron chi connectivity index (χ3n) is 3.14. The minimum absolute atomic E-state index is 0.326. The summed E-state index contributed by atoms with van der Waals surface area (Å²) in [5.41, 5.74) is 3.84. The van der Waals surface area contributed by atoms with Crippen LogP contribution in [0.15, 0.2) is 46.4 Å². The van der Waals surface area contributed by atoms with Crippen LogP contribution in [0.5, 0.6) is 0 Å². The van der Waals surface area contributed by atoms with Crippen LogP contribution in [0.25, 0.3) is 0 Å². The average molecular weight is 292 g/mol. The first-order valence-corrected chi connectivity index (χ1v) is 8.83. The van der Waals surface area contributed by atoms with E-state index in [1.807, 2.05) is 13.0 Å². The Morgan fingerprint density at radius 1 is 1.05 bits per heavy atom. The van der Waals surface area contributed by atoms with E-state index in [-0.39, 0.29) is 0 Å². The fourth-order valence-corrected chi connectivity index (χ4v) is 2.79. The van der Waals surface area contributed by atoms with E-state index in [1.54, 1.807) is 24.3 Å². The lowest BCUT2D eigenvalue weighted by atomic mass is 10.1. The molecule has 0 aliphatic heterocycles. The fourth-order valence-electron chi connectivity index (χ4n) is 1.87. The summed E-state index contributed by atoms with van der Waals surface area (Å²) in [5, 5.41) is 1.17. The van der Waals surface area contributed by atoms with Crippen molar-refractivity contribution >= 4 is 9.84 Å². The Labute approximate surface area is 123 Å². The molecule has 0 unspecified atom stereocenters. The van der Waals surface area contributed by atoms with Gasteiger partial charge in [0.1, 0.15) is 0 Å². The first kappa shape index (κ1) is 16.7. The number of hydrogen-bond acceptors (Lipinski definition) is 2. The van der Waals surface area contributed by atoms with Crippen LogP contribution in [0.2, 0.25) is 0 Å². The average Bonchev–Trinajstić information content (AvgIpc) is 2.42. The number of sulfone groups is 1. The lowest BCUT2D eigenvalue weighted by Crippen LogP contribution is -1.95. The van der Waals surface area contributed by atoms with Gasteiger partial charge in [-0.05, 0) is 38.0 Å². The quantitative estimate of drug-likeness (QED) is 0.509. The lowest BCUT2D eigenvalue weighted by Gasteiger charge is -1.98. The Kier molecular flexibility index (Phi) is 7.35. The summed E-state index contributed by atoms with van der Waals surface area (Å²) < 4.78 is 24.0. The van der Waals surface area contributed by atoms with Gasteiger partial charge in [0.15, 0.2) is 0 Å². The number of benzene rings is 1. The summed E-state index contributed by atoms with van der Waals surface area (Å²) in [6.07, 6.45) is 8.80. The van der Waals surface area contributed by atoms with Crippen molar-refractivity contribution in [3.63, 3.8) is 0 Å². The number of hydrogen-bond donors (Lipinski definition) is 0. The van der Waals surface area contributed by atoms with E-state index in [0.29, 0.717) is 4.90 Å². The molecule has 0 N–H and O–H groups in total. The molecule has 1 rings (SSSR count). The van der Waals surface area contributed by atoms with Gasteiger partial charge in [-0.3, -0.25) is 0 Å². The highest BCUT2D eigenvalue weighted by Gasteiger charge is 2.08. The van der Waals surface area contributed by atoms with Crippen LogP contribution in [-0.4, -0.2) is 8.42 Å². The van der Waals surface area contributed by atoms with Crippen LogP contribution in [0, 0.1) is 6.92 Å². The Balaban J connectivity index is 2.49. The van der Waals surface area contributed by atoms with Crippen molar-refractivity contribution in [2.24, 2.45) is 0 Å². The molecule has 0 heterocycles. The van der Waals surface area contributed by atoms with Gasteiger partial charge in [0.2, 0.25) is 9.84 Å². The summed E-state index contributed by atoms with van der Waals surface area (Å²) in [6, 6.07) is 6.87. The third kappa shape index (κ3) is 6.23. The lowest BCUT2D eigenvalue weighted by molar-refractivity contribution is 0.604. The Morgan fingerprint density at radius 2 is 1.70 bits per heavy atom. The second kappa shape index (κ2) is 8.78. The van der Waals surface area contributed by atoms with Gasteiger partial charge >= 0.3 is 0 Å². The van der Waals surface area contributed by atoms with Gasteiger partial charge in [-0.15, -0.1) is 5.73 Å². The van der Waals surface area contributed by atoms with Crippen LogP contribution in [0.1, 0.15) is 51.0 Å². The van der Waals surface area contributed by atoms with Crippen LogP contribution >= 0.6 is 0 Å². The van der Waals surface area contributed by atoms with E-state index in [9.17, 15) is 8.42 Å². The molecule has 0 amide bonds. The van der Waals surface area contributed by atoms with E-state index >= 15 is 0 Å². The van der Waals surface area contributed by atoms with E-state index in [2.05, 4.69) is 12.7 Å². The van der Waals surface area contributed by atoms with Crippen molar-refractivity contribution in [1.29, 1.82) is 0 Å². The molecule has 0 saturated heterocycles. The zero-order valence-electron chi connectivity index (χ0n) is 12.4. The Bertz CT molecular complexity index is 547. The minimum atomic E-state index is -3.35. The van der Waals surface area contributed by atoms with Crippen molar-refractivity contribution in [1.82, 2.24) is 0 Å². The highest BCUT2D eigenvalue weighted by Crippen LogP contribution is 2.12. The molecule has 0 saturated carbocycles. The monoisotopic (exact) mass is 292 g/mol. The highest BCUT2D eigenvalue weighted by atomic mass is 32.2. The summed E-state index contributed by atoms with van der Waals surface area (Å²) in [6.45, 7) is 4.13. The molecule has 0 aliphatic rings. The third-order valence-corrected chi connectivity index (χ3v) is 4.52. The molecule has 0 radical (unpaired) electrons. The molecule has 1 aromatic carbocycles. The summed E-state index contributed by atoms with van der Waals surface area (Å²) in [5.74, 6) is 0. The van der Waals surface area contributed by atoms with Crippen LogP contribution in [0.3, 0.4) is 0 Å². The van der Waals surface area contributed by atoms with Gasteiger partial charge in [-0.1, -0.05) is 50.3 Å². The van der Waals surface area contributed by atoms with Crippen LogP contribution in [-0.2, 0) is 9.84 Å². The molecule has 20 heavy (non-hydrogen) atoms. The molecule has 1 aromatic rings. The van der Waals surface area contributed by atoms with Gasteiger partial charge in [0.05, 0.1) is 10.3 Å². The van der Waals surface area contributed by atoms with Crippen LogP contribution in [0.4, 0.5) is 0 Å². The number of unbranched alkanes of at least 4 members (excludes halogenated alkanes) is 5. The number of rotatable bonds is 8. The molecule has 0 bridgehead atoms. The number of aryl methyl sites for hydroxylation is 1. The highest BCUT2D eigenvalue weighted by molar-refractivity contribution is 7.94. The Morgan fingerprint density at radius 3 is 2.35 bits per heavy atom. The van der Waals surface area contributed by atoms with Crippen molar-refractivity contribution < 1.29 is 8.42 Å². The van der Waals surface area contributed by atoms with E-state index in [1.165, 1.54) is 31.1 Å². The van der Waals surface area contributed by atoms with Crippen molar-refractivity contribution in [2.45, 2.75) is 57.3 Å². The second-order valence-electron chi connectivity index (χ2n) is 5.05. The topological polar surface area (TPSA) is 34.1 Å². The zero-order valence-corrected chi connectivity index (χ0v) is 13.2. The maximum absolute atomic E-state index is 12.0. The number of allylic oxidation sites excluding steroid dienone is 1. The first-order valence-electron chi connectivity index (χ1n) is 7.29. The molecule has 0 aliphatic carbocycles. The first-order chi connectivity index (χ1) is 9.56. The predicted octanol–water partition coefficient (Wildman–Crippen LogP) is 4.80. The molecule has 0 spiro atoms. The molecule has 3 heteroatoms. The van der Waals surface area contributed by atoms with Crippen LogP contribution < -0.4 is 0 Å². The smallest absolute Gasteiger partial charge is 0.207 e. The van der Waals surface area contributed by atoms with Crippen molar-refractivity contribution in [2.75, 3.05) is 0 Å². The van der Waals surface area contributed by atoms with E-state index < -0.39 is 9.84 Å². The molecule has 0 aromatic heterocycles. The largest absolute Gasteiger partial charge is 0.218 e. The van der Waals surface area contributed by atoms with E-state index in [4.69, 9.17) is 0 Å². The Hall–Kier alpha value is -1.31. The normalized spacial score (nSPS) is 10.9. The van der Waals surface area contributed by atoms with Gasteiger partial charge < -0.3 is 0 Å². The fraction of sp³-hybridized carbons (Fsp3) is 0.471. The summed E-state index contributed by atoms with van der Waals surface area (Å²) >= 11 is 0. The van der Waals surface area contributed by atoms with Crippen molar-refractivity contribution in [3.8, 4) is 0 Å². The molecule has 0 atom stereocenters. The predicted molar refractivity (Wildman–Crippen MR) is 84.4 cm³/mol. The molecule has 110 valence electrons. The molecule has 0 fully saturated rings. The minimum Gasteiger partial charge on any atom is -0.218 e. The molecular weight excluding hydrogens is 268 g/mol.